The van der Waals surface area contributed by atoms with Gasteiger partial charge < -0.3 is 10.1 Å². The number of carbonyl (C=O) groups excluding carboxylic acids is 1. The molecule has 0 radical (unpaired) electrons. The van der Waals surface area contributed by atoms with Crippen LogP contribution in [-0.4, -0.2) is 54.7 Å². The number of hydrogen-bond acceptors (Lipinski definition) is 6. The van der Waals surface area contributed by atoms with Crippen molar-refractivity contribution in [3.05, 3.63) is 77.1 Å². The standard InChI is InChI=1S/C28H27N5O2/c1-19-3-4-26(25(11-19)16-30)22-12-23(27-17-31-6-5-21(27)15-29)14-24(13-22)28(34)32-20(2)18-33-7-9-35-10-8-33/h3-6,11-14,17,20H,7-10,18H2,1-2H3,(H,32,34)/t20-/m1/s1. The van der Waals surface area contributed by atoms with Crippen LogP contribution < -0.4 is 5.32 Å². The van der Waals surface area contributed by atoms with Crippen molar-refractivity contribution in [2.45, 2.75) is 19.9 Å². The molecule has 1 amide bonds. The Morgan fingerprint density at radius 2 is 1.77 bits per heavy atom. The number of nitrogens with zero attached hydrogens (tertiary/aromatic N) is 4. The summed E-state index contributed by atoms with van der Waals surface area (Å²) in [4.78, 5) is 19.8. The van der Waals surface area contributed by atoms with Crippen molar-refractivity contribution in [2.75, 3.05) is 32.8 Å². The van der Waals surface area contributed by atoms with Gasteiger partial charge in [0.05, 0.1) is 36.5 Å². The minimum Gasteiger partial charge on any atom is -0.379 e. The van der Waals surface area contributed by atoms with E-state index in [1.807, 2.05) is 38.1 Å². The monoisotopic (exact) mass is 465 g/mol. The zero-order valence-corrected chi connectivity index (χ0v) is 19.9. The fourth-order valence-electron chi connectivity index (χ4n) is 4.32. The van der Waals surface area contributed by atoms with Gasteiger partial charge in [0.15, 0.2) is 0 Å². The van der Waals surface area contributed by atoms with Crippen molar-refractivity contribution in [1.82, 2.24) is 15.2 Å². The molecule has 1 aliphatic rings. The molecule has 0 unspecified atom stereocenters. The Bertz CT molecular complexity index is 1320. The summed E-state index contributed by atoms with van der Waals surface area (Å²) >= 11 is 0. The lowest BCUT2D eigenvalue weighted by Gasteiger charge is -2.29. The van der Waals surface area contributed by atoms with E-state index in [1.165, 1.54) is 0 Å². The lowest BCUT2D eigenvalue weighted by molar-refractivity contribution is 0.0342. The van der Waals surface area contributed by atoms with E-state index in [4.69, 9.17) is 4.74 Å². The molecule has 2 heterocycles. The summed E-state index contributed by atoms with van der Waals surface area (Å²) in [5.74, 6) is -0.207. The second-order valence-electron chi connectivity index (χ2n) is 8.78. The van der Waals surface area contributed by atoms with E-state index < -0.39 is 0 Å². The summed E-state index contributed by atoms with van der Waals surface area (Å²) in [6, 6.07) is 17.2. The maximum atomic E-state index is 13.3. The highest BCUT2D eigenvalue weighted by atomic mass is 16.5. The zero-order chi connectivity index (χ0) is 24.8. The van der Waals surface area contributed by atoms with Crippen LogP contribution in [0.3, 0.4) is 0 Å². The Morgan fingerprint density at radius 3 is 2.49 bits per heavy atom. The fraction of sp³-hybridized carbons (Fsp3) is 0.286. The number of pyridine rings is 1. The van der Waals surface area contributed by atoms with Gasteiger partial charge in [-0.05, 0) is 66.4 Å². The number of carbonyl (C=O) groups is 1. The minimum absolute atomic E-state index is 0.0604. The van der Waals surface area contributed by atoms with Crippen LogP contribution in [0.25, 0.3) is 22.3 Å². The third-order valence-electron chi connectivity index (χ3n) is 6.07. The quantitative estimate of drug-likeness (QED) is 0.592. The predicted octanol–water partition coefficient (Wildman–Crippen LogP) is 3.92. The van der Waals surface area contributed by atoms with Crippen LogP contribution in [0.4, 0.5) is 0 Å². The van der Waals surface area contributed by atoms with E-state index >= 15 is 0 Å². The highest BCUT2D eigenvalue weighted by molar-refractivity contribution is 5.98. The van der Waals surface area contributed by atoms with Crippen LogP contribution in [0, 0.1) is 29.6 Å². The van der Waals surface area contributed by atoms with Crippen molar-refractivity contribution in [3.8, 4) is 34.4 Å². The Labute approximate surface area is 205 Å². The molecule has 7 heteroatoms. The largest absolute Gasteiger partial charge is 0.379 e. The normalized spacial score (nSPS) is 14.5. The molecule has 0 saturated carbocycles. The third kappa shape index (κ3) is 5.73. The predicted molar refractivity (Wildman–Crippen MR) is 133 cm³/mol. The summed E-state index contributed by atoms with van der Waals surface area (Å²) in [6.07, 6.45) is 3.20. The first-order valence-electron chi connectivity index (χ1n) is 11.6. The molecule has 35 heavy (non-hydrogen) atoms. The van der Waals surface area contributed by atoms with Gasteiger partial charge in [0, 0.05) is 49.2 Å². The Hall–Kier alpha value is -4.04. The first kappa shape index (κ1) is 24.1. The molecule has 1 aliphatic heterocycles. The number of aromatic nitrogens is 1. The number of morpholine rings is 1. The van der Waals surface area contributed by atoms with Crippen LogP contribution in [0.15, 0.2) is 54.9 Å². The molecular weight excluding hydrogens is 438 g/mol. The number of aryl methyl sites for hydroxylation is 1. The molecule has 176 valence electrons. The number of nitriles is 2. The van der Waals surface area contributed by atoms with E-state index in [2.05, 4.69) is 27.3 Å². The van der Waals surface area contributed by atoms with Gasteiger partial charge >= 0.3 is 0 Å². The number of hydrogen-bond donors (Lipinski definition) is 1. The first-order valence-corrected chi connectivity index (χ1v) is 11.6. The van der Waals surface area contributed by atoms with E-state index in [-0.39, 0.29) is 11.9 Å². The van der Waals surface area contributed by atoms with Gasteiger partial charge in [-0.1, -0.05) is 12.1 Å². The van der Waals surface area contributed by atoms with Gasteiger partial charge in [-0.25, -0.2) is 0 Å². The highest BCUT2D eigenvalue weighted by Crippen LogP contribution is 2.32. The van der Waals surface area contributed by atoms with Crippen molar-refractivity contribution in [1.29, 1.82) is 10.5 Å². The lowest BCUT2D eigenvalue weighted by Crippen LogP contribution is -2.46. The summed E-state index contributed by atoms with van der Waals surface area (Å²) in [7, 11) is 0. The van der Waals surface area contributed by atoms with Gasteiger partial charge in [-0.15, -0.1) is 0 Å². The lowest BCUT2D eigenvalue weighted by atomic mass is 9.92. The molecule has 3 aromatic rings. The van der Waals surface area contributed by atoms with E-state index in [1.54, 1.807) is 30.6 Å². The van der Waals surface area contributed by atoms with Crippen LogP contribution >= 0.6 is 0 Å². The van der Waals surface area contributed by atoms with Gasteiger partial charge in [-0.3, -0.25) is 14.7 Å². The third-order valence-corrected chi connectivity index (χ3v) is 6.07. The second-order valence-corrected chi connectivity index (χ2v) is 8.78. The Morgan fingerprint density at radius 1 is 1.06 bits per heavy atom. The number of benzene rings is 2. The summed E-state index contributed by atoms with van der Waals surface area (Å²) in [5.41, 5.74) is 5.24. The van der Waals surface area contributed by atoms with E-state index in [0.29, 0.717) is 41.0 Å². The van der Waals surface area contributed by atoms with Crippen LogP contribution in [0.1, 0.15) is 34.0 Å². The first-order chi connectivity index (χ1) is 17.0. The summed E-state index contributed by atoms with van der Waals surface area (Å²) in [5, 5.41) is 22.4. The number of ether oxygens (including phenoxy) is 1. The SMILES string of the molecule is Cc1ccc(-c2cc(C(=O)N[C@H](C)CN3CCOCC3)cc(-c3cnccc3C#N)c2)c(C#N)c1. The number of rotatable bonds is 6. The van der Waals surface area contributed by atoms with Crippen molar-refractivity contribution in [2.24, 2.45) is 0 Å². The van der Waals surface area contributed by atoms with Gasteiger partial charge in [0.25, 0.3) is 5.91 Å². The molecule has 1 atom stereocenters. The molecule has 0 aliphatic carbocycles. The number of nitrogens with one attached hydrogen (secondary N) is 1. The molecule has 1 aromatic heterocycles. The molecule has 0 spiro atoms. The molecule has 2 aromatic carbocycles. The molecule has 1 fully saturated rings. The van der Waals surface area contributed by atoms with Crippen LogP contribution in [0.2, 0.25) is 0 Å². The molecule has 1 saturated heterocycles. The average Bonchev–Trinajstić information content (AvgIpc) is 2.88. The van der Waals surface area contributed by atoms with Gasteiger partial charge in [-0.2, -0.15) is 10.5 Å². The van der Waals surface area contributed by atoms with Crippen molar-refractivity contribution < 1.29 is 9.53 Å². The molecule has 1 N–H and O–H groups in total. The zero-order valence-electron chi connectivity index (χ0n) is 19.9. The Kier molecular flexibility index (Phi) is 7.52. The highest BCUT2D eigenvalue weighted by Gasteiger charge is 2.18. The maximum absolute atomic E-state index is 13.3. The van der Waals surface area contributed by atoms with Gasteiger partial charge in [0.2, 0.25) is 0 Å². The number of amides is 1. The Balaban J connectivity index is 1.72. The van der Waals surface area contributed by atoms with E-state index in [9.17, 15) is 15.3 Å². The fourth-order valence-corrected chi connectivity index (χ4v) is 4.32. The topological polar surface area (TPSA) is 102 Å². The van der Waals surface area contributed by atoms with Crippen molar-refractivity contribution in [3.63, 3.8) is 0 Å². The van der Waals surface area contributed by atoms with E-state index in [0.717, 1.165) is 36.3 Å². The summed E-state index contributed by atoms with van der Waals surface area (Å²) < 4.78 is 5.41. The van der Waals surface area contributed by atoms with Gasteiger partial charge in [0.1, 0.15) is 0 Å². The van der Waals surface area contributed by atoms with Crippen LogP contribution in [-0.2, 0) is 4.74 Å². The maximum Gasteiger partial charge on any atom is 0.251 e. The van der Waals surface area contributed by atoms with Crippen LogP contribution in [0.5, 0.6) is 0 Å². The van der Waals surface area contributed by atoms with Crippen molar-refractivity contribution >= 4 is 5.91 Å². The molecule has 0 bridgehead atoms. The average molecular weight is 466 g/mol. The smallest absolute Gasteiger partial charge is 0.251 e. The second kappa shape index (κ2) is 10.9. The molecular formula is C28H27N5O2. The minimum atomic E-state index is -0.207. The molecule has 7 nitrogen and oxygen atoms in total. The summed E-state index contributed by atoms with van der Waals surface area (Å²) in [6.45, 7) is 7.77. The molecule has 4 rings (SSSR count).